The fraction of sp³-hybridized carbons (Fsp3) is 0.333. The predicted molar refractivity (Wildman–Crippen MR) is 76.5 cm³/mol. The van der Waals surface area contributed by atoms with E-state index in [4.69, 9.17) is 4.74 Å². The molecule has 5 heteroatoms. The lowest BCUT2D eigenvalue weighted by atomic mass is 10.3. The molecule has 1 heterocycles. The summed E-state index contributed by atoms with van der Waals surface area (Å²) < 4.78 is 6.76. The van der Waals surface area contributed by atoms with Gasteiger partial charge in [-0.05, 0) is 26.0 Å². The van der Waals surface area contributed by atoms with E-state index in [1.807, 2.05) is 41.2 Å². The van der Waals surface area contributed by atoms with E-state index in [0.29, 0.717) is 13.2 Å². The van der Waals surface area contributed by atoms with E-state index in [0.717, 1.165) is 11.3 Å². The Kier molecular flexibility index (Phi) is 4.90. The summed E-state index contributed by atoms with van der Waals surface area (Å²) >= 11 is 0. The van der Waals surface area contributed by atoms with Gasteiger partial charge in [0.2, 0.25) is 0 Å². The van der Waals surface area contributed by atoms with Gasteiger partial charge in [0.05, 0.1) is 18.5 Å². The number of rotatable bonds is 6. The van der Waals surface area contributed by atoms with E-state index in [1.165, 1.54) is 0 Å². The molecule has 0 aliphatic carbocycles. The topological polar surface area (TPSA) is 56.1 Å². The third-order valence-corrected chi connectivity index (χ3v) is 2.91. The zero-order valence-electron chi connectivity index (χ0n) is 11.7. The molecule has 1 atom stereocenters. The summed E-state index contributed by atoms with van der Waals surface area (Å²) in [4.78, 5) is 11.5. The standard InChI is InChI=1S/C15H19N3O2/c1-3-20-15(19)12(2)16-9-13-10-17-18(11-13)14-7-5-4-6-8-14/h4-8,10-12,16H,3,9H2,1-2H3. The lowest BCUT2D eigenvalue weighted by molar-refractivity contribution is -0.145. The molecule has 0 aliphatic heterocycles. The molecule has 2 aromatic rings. The Morgan fingerprint density at radius 2 is 2.15 bits per heavy atom. The van der Waals surface area contributed by atoms with E-state index in [9.17, 15) is 4.79 Å². The first-order valence-corrected chi connectivity index (χ1v) is 6.69. The van der Waals surface area contributed by atoms with Crippen molar-refractivity contribution in [3.05, 3.63) is 48.3 Å². The van der Waals surface area contributed by atoms with Gasteiger partial charge in [-0.3, -0.25) is 4.79 Å². The summed E-state index contributed by atoms with van der Waals surface area (Å²) in [6, 6.07) is 9.57. The van der Waals surface area contributed by atoms with Crippen molar-refractivity contribution in [1.29, 1.82) is 0 Å². The predicted octanol–water partition coefficient (Wildman–Crippen LogP) is 1.91. The molecule has 0 saturated carbocycles. The molecule has 0 spiro atoms. The molecular formula is C15H19N3O2. The van der Waals surface area contributed by atoms with Gasteiger partial charge in [-0.1, -0.05) is 18.2 Å². The molecule has 0 fully saturated rings. The molecule has 1 N–H and O–H groups in total. The van der Waals surface area contributed by atoms with Gasteiger partial charge in [-0.15, -0.1) is 0 Å². The SMILES string of the molecule is CCOC(=O)C(C)NCc1cnn(-c2ccccc2)c1. The van der Waals surface area contributed by atoms with Crippen LogP contribution in [0.5, 0.6) is 0 Å². The molecule has 1 aromatic carbocycles. The van der Waals surface area contributed by atoms with Gasteiger partial charge in [0, 0.05) is 18.3 Å². The van der Waals surface area contributed by atoms with E-state index in [2.05, 4.69) is 10.4 Å². The lowest BCUT2D eigenvalue weighted by Gasteiger charge is -2.11. The molecule has 1 unspecified atom stereocenters. The Hall–Kier alpha value is -2.14. The number of nitrogens with zero attached hydrogens (tertiary/aromatic N) is 2. The first-order valence-electron chi connectivity index (χ1n) is 6.69. The summed E-state index contributed by atoms with van der Waals surface area (Å²) in [7, 11) is 0. The normalized spacial score (nSPS) is 12.1. The highest BCUT2D eigenvalue weighted by molar-refractivity contribution is 5.75. The quantitative estimate of drug-likeness (QED) is 0.817. The molecule has 1 aromatic heterocycles. The Morgan fingerprint density at radius 3 is 2.85 bits per heavy atom. The minimum atomic E-state index is -0.324. The highest BCUT2D eigenvalue weighted by Crippen LogP contribution is 2.07. The number of benzene rings is 1. The Labute approximate surface area is 118 Å². The Balaban J connectivity index is 1.92. The molecular weight excluding hydrogens is 254 g/mol. The number of hydrogen-bond acceptors (Lipinski definition) is 4. The van der Waals surface area contributed by atoms with Crippen LogP contribution in [-0.4, -0.2) is 28.4 Å². The van der Waals surface area contributed by atoms with Crippen LogP contribution in [-0.2, 0) is 16.1 Å². The molecule has 0 radical (unpaired) electrons. The highest BCUT2D eigenvalue weighted by Gasteiger charge is 2.13. The second kappa shape index (κ2) is 6.86. The number of esters is 1. The number of hydrogen-bond donors (Lipinski definition) is 1. The summed E-state index contributed by atoms with van der Waals surface area (Å²) in [5.41, 5.74) is 2.03. The van der Waals surface area contributed by atoms with E-state index < -0.39 is 0 Å². The van der Waals surface area contributed by atoms with Crippen molar-refractivity contribution >= 4 is 5.97 Å². The van der Waals surface area contributed by atoms with Crippen molar-refractivity contribution in [3.8, 4) is 5.69 Å². The van der Waals surface area contributed by atoms with Crippen molar-refractivity contribution in [2.24, 2.45) is 0 Å². The maximum atomic E-state index is 11.5. The maximum Gasteiger partial charge on any atom is 0.322 e. The average Bonchev–Trinajstić information content (AvgIpc) is 2.95. The first-order chi connectivity index (χ1) is 9.70. The van der Waals surface area contributed by atoms with Gasteiger partial charge in [-0.25, -0.2) is 4.68 Å². The lowest BCUT2D eigenvalue weighted by Crippen LogP contribution is -2.34. The summed E-state index contributed by atoms with van der Waals surface area (Å²) in [5.74, 6) is -0.233. The minimum Gasteiger partial charge on any atom is -0.465 e. The van der Waals surface area contributed by atoms with Crippen LogP contribution in [0.15, 0.2) is 42.7 Å². The number of carbonyl (C=O) groups excluding carboxylic acids is 1. The van der Waals surface area contributed by atoms with E-state index >= 15 is 0 Å². The van der Waals surface area contributed by atoms with Crippen LogP contribution in [0.1, 0.15) is 19.4 Å². The molecule has 0 amide bonds. The average molecular weight is 273 g/mol. The fourth-order valence-corrected chi connectivity index (χ4v) is 1.79. The second-order valence-corrected chi connectivity index (χ2v) is 4.48. The van der Waals surface area contributed by atoms with Crippen LogP contribution in [0, 0.1) is 0 Å². The molecule has 5 nitrogen and oxygen atoms in total. The van der Waals surface area contributed by atoms with E-state index in [-0.39, 0.29) is 12.0 Å². The molecule has 0 saturated heterocycles. The summed E-state index contributed by atoms with van der Waals surface area (Å²) in [6.45, 7) is 4.57. The van der Waals surface area contributed by atoms with Gasteiger partial charge in [0.25, 0.3) is 0 Å². The number of para-hydroxylation sites is 1. The first kappa shape index (κ1) is 14.3. The maximum absolute atomic E-state index is 11.5. The van der Waals surface area contributed by atoms with Crippen molar-refractivity contribution < 1.29 is 9.53 Å². The number of aromatic nitrogens is 2. The molecule has 2 rings (SSSR count). The zero-order chi connectivity index (χ0) is 14.4. The van der Waals surface area contributed by atoms with Crippen LogP contribution in [0.25, 0.3) is 5.69 Å². The van der Waals surface area contributed by atoms with Crippen LogP contribution < -0.4 is 5.32 Å². The van der Waals surface area contributed by atoms with Gasteiger partial charge in [0.1, 0.15) is 6.04 Å². The highest BCUT2D eigenvalue weighted by atomic mass is 16.5. The smallest absolute Gasteiger partial charge is 0.322 e. The largest absolute Gasteiger partial charge is 0.465 e. The third-order valence-electron chi connectivity index (χ3n) is 2.91. The van der Waals surface area contributed by atoms with Crippen molar-refractivity contribution in [2.45, 2.75) is 26.4 Å². The van der Waals surface area contributed by atoms with Crippen LogP contribution in [0.4, 0.5) is 0 Å². The van der Waals surface area contributed by atoms with Crippen LogP contribution >= 0.6 is 0 Å². The number of ether oxygens (including phenoxy) is 1. The summed E-state index contributed by atoms with van der Waals surface area (Å²) in [5, 5.41) is 7.43. The van der Waals surface area contributed by atoms with Crippen LogP contribution in [0.2, 0.25) is 0 Å². The van der Waals surface area contributed by atoms with Crippen molar-refractivity contribution in [2.75, 3.05) is 6.61 Å². The van der Waals surface area contributed by atoms with Crippen molar-refractivity contribution in [1.82, 2.24) is 15.1 Å². The van der Waals surface area contributed by atoms with Gasteiger partial charge in [-0.2, -0.15) is 5.10 Å². The molecule has 106 valence electrons. The van der Waals surface area contributed by atoms with E-state index in [1.54, 1.807) is 20.0 Å². The van der Waals surface area contributed by atoms with Crippen LogP contribution in [0.3, 0.4) is 0 Å². The molecule has 20 heavy (non-hydrogen) atoms. The second-order valence-electron chi connectivity index (χ2n) is 4.48. The number of carbonyl (C=O) groups is 1. The molecule has 0 bridgehead atoms. The Bertz CT molecular complexity index is 551. The van der Waals surface area contributed by atoms with Gasteiger partial charge in [0.15, 0.2) is 0 Å². The summed E-state index contributed by atoms with van der Waals surface area (Å²) in [6.07, 6.45) is 3.73. The third kappa shape index (κ3) is 3.68. The van der Waals surface area contributed by atoms with Gasteiger partial charge < -0.3 is 10.1 Å². The monoisotopic (exact) mass is 273 g/mol. The van der Waals surface area contributed by atoms with Gasteiger partial charge >= 0.3 is 5.97 Å². The Morgan fingerprint density at radius 1 is 1.40 bits per heavy atom. The molecule has 0 aliphatic rings. The fourth-order valence-electron chi connectivity index (χ4n) is 1.79. The minimum absolute atomic E-state index is 0.233. The zero-order valence-corrected chi connectivity index (χ0v) is 11.7. The van der Waals surface area contributed by atoms with Crippen molar-refractivity contribution in [3.63, 3.8) is 0 Å². The number of nitrogens with one attached hydrogen (secondary N) is 1.